The Bertz CT molecular complexity index is 1440. The minimum Gasteiger partial charge on any atom is -0.496 e. The number of benzene rings is 3. The average Bonchev–Trinajstić information content (AvgIpc) is 3.55. The van der Waals surface area contributed by atoms with E-state index in [4.69, 9.17) is 4.74 Å². The molecule has 2 heterocycles. The molecule has 0 radical (unpaired) electrons. The van der Waals surface area contributed by atoms with Crippen LogP contribution in [0.25, 0.3) is 5.69 Å². The second-order valence-corrected chi connectivity index (χ2v) is 10.2. The maximum Gasteiger partial charge on any atom is 0.255 e. The molecule has 1 aromatic heterocycles. The van der Waals surface area contributed by atoms with Crippen molar-refractivity contribution >= 4 is 45.2 Å². The van der Waals surface area contributed by atoms with Gasteiger partial charge in [-0.25, -0.2) is 0 Å². The number of anilines is 1. The van der Waals surface area contributed by atoms with E-state index in [-0.39, 0.29) is 24.1 Å². The van der Waals surface area contributed by atoms with E-state index in [1.807, 2.05) is 58.0 Å². The molecular formula is C27H24BrN5O3S. The summed E-state index contributed by atoms with van der Waals surface area (Å²) in [6, 6.07) is 22.7. The third kappa shape index (κ3) is 5.40. The van der Waals surface area contributed by atoms with Crippen LogP contribution in [-0.2, 0) is 17.8 Å². The first-order valence-electron chi connectivity index (χ1n) is 11.7. The molecule has 3 aromatic carbocycles. The van der Waals surface area contributed by atoms with E-state index >= 15 is 0 Å². The summed E-state index contributed by atoms with van der Waals surface area (Å²) < 4.78 is 8.11. The predicted octanol–water partition coefficient (Wildman–Crippen LogP) is 4.65. The van der Waals surface area contributed by atoms with E-state index < -0.39 is 0 Å². The fourth-order valence-electron chi connectivity index (χ4n) is 4.25. The first-order chi connectivity index (χ1) is 18.0. The van der Waals surface area contributed by atoms with Crippen LogP contribution >= 0.6 is 27.7 Å². The van der Waals surface area contributed by atoms with Crippen LogP contribution in [0.3, 0.4) is 0 Å². The topological polar surface area (TPSA) is 89.3 Å². The Balaban J connectivity index is 1.35. The molecule has 0 spiro atoms. The van der Waals surface area contributed by atoms with Crippen molar-refractivity contribution in [1.82, 2.24) is 20.1 Å². The number of fused-ring (bicyclic) bond motifs is 1. The number of methoxy groups -OCH3 is 1. The summed E-state index contributed by atoms with van der Waals surface area (Å²) >= 11 is 4.80. The Kier molecular flexibility index (Phi) is 7.57. The van der Waals surface area contributed by atoms with Gasteiger partial charge in [0.05, 0.1) is 25.0 Å². The van der Waals surface area contributed by atoms with E-state index in [1.54, 1.807) is 18.2 Å². The number of ether oxygens (including phenoxy) is 1. The van der Waals surface area contributed by atoms with Gasteiger partial charge in [0.25, 0.3) is 5.91 Å². The van der Waals surface area contributed by atoms with Crippen LogP contribution in [0, 0.1) is 0 Å². The van der Waals surface area contributed by atoms with Gasteiger partial charge in [-0.15, -0.1) is 10.2 Å². The van der Waals surface area contributed by atoms with Gasteiger partial charge in [-0.2, -0.15) is 0 Å². The second kappa shape index (κ2) is 11.2. The van der Waals surface area contributed by atoms with E-state index in [1.165, 1.54) is 24.4 Å². The summed E-state index contributed by atoms with van der Waals surface area (Å²) in [6.07, 6.45) is 0.859. The Hall–Kier alpha value is -3.63. The fraction of sp³-hybridized carbons (Fsp3) is 0.185. The van der Waals surface area contributed by atoms with Crippen molar-refractivity contribution in [3.05, 3.63) is 94.2 Å². The largest absolute Gasteiger partial charge is 0.496 e. The summed E-state index contributed by atoms with van der Waals surface area (Å²) in [7, 11) is 1.53. The van der Waals surface area contributed by atoms with Crippen LogP contribution < -0.4 is 15.0 Å². The zero-order valence-corrected chi connectivity index (χ0v) is 22.5. The summed E-state index contributed by atoms with van der Waals surface area (Å²) in [4.78, 5) is 27.8. The number of hydrogen-bond acceptors (Lipinski definition) is 6. The van der Waals surface area contributed by atoms with E-state index in [2.05, 4.69) is 37.5 Å². The lowest BCUT2D eigenvalue weighted by molar-refractivity contribution is -0.116. The molecule has 10 heteroatoms. The highest BCUT2D eigenvalue weighted by atomic mass is 79.9. The van der Waals surface area contributed by atoms with Gasteiger partial charge in [0, 0.05) is 22.4 Å². The first-order valence-corrected chi connectivity index (χ1v) is 13.5. The van der Waals surface area contributed by atoms with Crippen LogP contribution in [0.15, 0.2) is 82.4 Å². The zero-order chi connectivity index (χ0) is 25.8. The molecule has 188 valence electrons. The van der Waals surface area contributed by atoms with Gasteiger partial charge in [-0.3, -0.25) is 14.2 Å². The maximum absolute atomic E-state index is 13.1. The van der Waals surface area contributed by atoms with Crippen LogP contribution in [-0.4, -0.2) is 46.0 Å². The zero-order valence-electron chi connectivity index (χ0n) is 20.1. The lowest BCUT2D eigenvalue weighted by atomic mass is 10.2. The molecule has 5 rings (SSSR count). The van der Waals surface area contributed by atoms with Gasteiger partial charge in [0.15, 0.2) is 11.0 Å². The van der Waals surface area contributed by atoms with Crippen LogP contribution in [0.1, 0.15) is 21.7 Å². The second-order valence-electron chi connectivity index (χ2n) is 8.31. The Morgan fingerprint density at radius 1 is 1.03 bits per heavy atom. The molecule has 0 fully saturated rings. The molecule has 1 aliphatic rings. The van der Waals surface area contributed by atoms with Gasteiger partial charge < -0.3 is 15.0 Å². The van der Waals surface area contributed by atoms with E-state index in [0.29, 0.717) is 28.8 Å². The van der Waals surface area contributed by atoms with E-state index in [9.17, 15) is 9.59 Å². The summed E-state index contributed by atoms with van der Waals surface area (Å²) in [6.45, 7) is 0.826. The number of carbonyl (C=O) groups excluding carboxylic acids is 2. The number of rotatable bonds is 8. The molecule has 8 nitrogen and oxygen atoms in total. The highest BCUT2D eigenvalue weighted by Crippen LogP contribution is 2.29. The molecular weight excluding hydrogens is 554 g/mol. The van der Waals surface area contributed by atoms with E-state index in [0.717, 1.165) is 22.3 Å². The molecule has 0 unspecified atom stereocenters. The minimum atomic E-state index is -0.278. The number of nitrogens with one attached hydrogen (secondary N) is 1. The quantitative estimate of drug-likeness (QED) is 0.307. The predicted molar refractivity (Wildman–Crippen MR) is 146 cm³/mol. The average molecular weight is 578 g/mol. The molecule has 1 aliphatic heterocycles. The van der Waals surface area contributed by atoms with Crippen molar-refractivity contribution in [2.24, 2.45) is 0 Å². The molecule has 0 atom stereocenters. The summed E-state index contributed by atoms with van der Waals surface area (Å²) in [5, 5.41) is 12.2. The normalized spacial score (nSPS) is 12.3. The highest BCUT2D eigenvalue weighted by molar-refractivity contribution is 9.10. The number of nitrogens with zero attached hydrogens (tertiary/aromatic N) is 4. The Morgan fingerprint density at radius 2 is 1.78 bits per heavy atom. The number of para-hydroxylation sites is 2. The molecule has 37 heavy (non-hydrogen) atoms. The lowest BCUT2D eigenvalue weighted by Gasteiger charge is -2.17. The van der Waals surface area contributed by atoms with Gasteiger partial charge in [-0.1, -0.05) is 58.0 Å². The first kappa shape index (κ1) is 25.0. The fourth-order valence-corrected chi connectivity index (χ4v) is 5.36. The molecule has 1 N–H and O–H groups in total. The molecule has 4 aromatic rings. The molecule has 0 saturated carbocycles. The van der Waals surface area contributed by atoms with Crippen molar-refractivity contribution in [1.29, 1.82) is 0 Å². The van der Waals surface area contributed by atoms with Gasteiger partial charge in [0.2, 0.25) is 5.91 Å². The molecule has 0 saturated heterocycles. The van der Waals surface area contributed by atoms with Crippen LogP contribution in [0.4, 0.5) is 5.69 Å². The van der Waals surface area contributed by atoms with Crippen molar-refractivity contribution < 1.29 is 14.3 Å². The van der Waals surface area contributed by atoms with Crippen molar-refractivity contribution in [3.63, 3.8) is 0 Å². The van der Waals surface area contributed by atoms with Crippen LogP contribution in [0.2, 0.25) is 0 Å². The number of halogens is 1. The van der Waals surface area contributed by atoms with Gasteiger partial charge >= 0.3 is 0 Å². The van der Waals surface area contributed by atoms with Crippen molar-refractivity contribution in [3.8, 4) is 11.4 Å². The monoisotopic (exact) mass is 577 g/mol. The number of hydrogen-bond donors (Lipinski definition) is 1. The standard InChI is InChI=1S/C27H24BrN5O3S/c1-36-23-9-5-3-7-21(23)26(35)29-16-24-30-31-27(33(24)20-12-10-19(28)11-13-20)37-17-25(34)32-15-14-18-6-2-4-8-22(18)32/h2-13H,14-17H2,1H3,(H,29,35). The van der Waals surface area contributed by atoms with Gasteiger partial charge in [0.1, 0.15) is 5.75 Å². The summed E-state index contributed by atoms with van der Waals surface area (Å²) in [5.41, 5.74) is 3.43. The number of thioether (sulfide) groups is 1. The van der Waals surface area contributed by atoms with Crippen LogP contribution in [0.5, 0.6) is 5.75 Å². The van der Waals surface area contributed by atoms with Gasteiger partial charge in [-0.05, 0) is 54.4 Å². The third-order valence-electron chi connectivity index (χ3n) is 6.06. The van der Waals surface area contributed by atoms with Crippen molar-refractivity contribution in [2.75, 3.05) is 24.3 Å². The molecule has 0 aliphatic carbocycles. The lowest BCUT2D eigenvalue weighted by Crippen LogP contribution is -2.30. The maximum atomic E-state index is 13.1. The van der Waals surface area contributed by atoms with Crippen molar-refractivity contribution in [2.45, 2.75) is 18.1 Å². The smallest absolute Gasteiger partial charge is 0.255 e. The third-order valence-corrected chi connectivity index (χ3v) is 7.50. The Morgan fingerprint density at radius 3 is 2.59 bits per heavy atom. The highest BCUT2D eigenvalue weighted by Gasteiger charge is 2.25. The number of carbonyl (C=O) groups is 2. The SMILES string of the molecule is COc1ccccc1C(=O)NCc1nnc(SCC(=O)N2CCc3ccccc32)n1-c1ccc(Br)cc1. The number of aromatic nitrogens is 3. The summed E-state index contributed by atoms with van der Waals surface area (Å²) in [5.74, 6) is 1.00. The minimum absolute atomic E-state index is 0.0198. The Labute approximate surface area is 227 Å². The molecule has 0 bridgehead atoms. The molecule has 2 amide bonds. The number of amides is 2.